The van der Waals surface area contributed by atoms with E-state index in [1.54, 1.807) is 0 Å². The SMILES string of the molecule is CCN1CC2CNCCN2c2cc(C)cc(Cl)c21. The van der Waals surface area contributed by atoms with Gasteiger partial charge in [0.1, 0.15) is 0 Å². The number of aryl methyl sites for hydroxylation is 1. The third-order valence-corrected chi connectivity index (χ3v) is 4.26. The van der Waals surface area contributed by atoms with E-state index in [9.17, 15) is 0 Å². The van der Waals surface area contributed by atoms with Crippen LogP contribution in [0.2, 0.25) is 5.02 Å². The first-order valence-electron chi connectivity index (χ1n) is 6.73. The van der Waals surface area contributed by atoms with Gasteiger partial charge in [-0.3, -0.25) is 0 Å². The first-order chi connectivity index (χ1) is 8.70. The summed E-state index contributed by atoms with van der Waals surface area (Å²) in [5.74, 6) is 0. The number of nitrogens with one attached hydrogen (secondary N) is 1. The van der Waals surface area contributed by atoms with Gasteiger partial charge in [0, 0.05) is 32.7 Å². The Labute approximate surface area is 114 Å². The van der Waals surface area contributed by atoms with Crippen LogP contribution in [0.15, 0.2) is 12.1 Å². The molecule has 0 aliphatic carbocycles. The molecule has 1 fully saturated rings. The van der Waals surface area contributed by atoms with Gasteiger partial charge < -0.3 is 15.1 Å². The van der Waals surface area contributed by atoms with Crippen molar-refractivity contribution in [3.8, 4) is 0 Å². The van der Waals surface area contributed by atoms with E-state index in [1.807, 2.05) is 0 Å². The smallest absolute Gasteiger partial charge is 0.0794 e. The second kappa shape index (κ2) is 4.63. The maximum absolute atomic E-state index is 6.47. The molecule has 3 nitrogen and oxygen atoms in total. The van der Waals surface area contributed by atoms with E-state index in [2.05, 4.69) is 41.1 Å². The quantitative estimate of drug-likeness (QED) is 0.840. The molecule has 3 rings (SSSR count). The minimum absolute atomic E-state index is 0.573. The van der Waals surface area contributed by atoms with E-state index in [0.29, 0.717) is 6.04 Å². The predicted molar refractivity (Wildman–Crippen MR) is 78.1 cm³/mol. The van der Waals surface area contributed by atoms with Crippen molar-refractivity contribution in [3.05, 3.63) is 22.7 Å². The lowest BCUT2D eigenvalue weighted by molar-refractivity contribution is 0.460. The molecule has 0 radical (unpaired) electrons. The number of likely N-dealkylation sites (N-methyl/N-ethyl adjacent to an activating group) is 1. The van der Waals surface area contributed by atoms with Crippen LogP contribution in [0, 0.1) is 6.92 Å². The Morgan fingerprint density at radius 3 is 3.06 bits per heavy atom. The third kappa shape index (κ3) is 1.86. The minimum atomic E-state index is 0.573. The number of halogens is 1. The number of anilines is 2. The molecule has 2 aliphatic heterocycles. The molecule has 1 aromatic rings. The van der Waals surface area contributed by atoms with Gasteiger partial charge in [0.15, 0.2) is 0 Å². The number of benzene rings is 1. The van der Waals surface area contributed by atoms with Gasteiger partial charge >= 0.3 is 0 Å². The normalized spacial score (nSPS) is 22.7. The molecule has 1 aromatic carbocycles. The van der Waals surface area contributed by atoms with Crippen LogP contribution in [0.5, 0.6) is 0 Å². The molecule has 18 heavy (non-hydrogen) atoms. The molecular formula is C14H20ClN3. The van der Waals surface area contributed by atoms with Gasteiger partial charge in [-0.05, 0) is 31.5 Å². The van der Waals surface area contributed by atoms with Crippen LogP contribution in [0.25, 0.3) is 0 Å². The number of rotatable bonds is 1. The van der Waals surface area contributed by atoms with Crippen molar-refractivity contribution >= 4 is 23.0 Å². The molecule has 0 bridgehead atoms. The van der Waals surface area contributed by atoms with Crippen molar-refractivity contribution in [2.75, 3.05) is 42.5 Å². The Kier molecular flexibility index (Phi) is 3.12. The molecule has 2 heterocycles. The summed E-state index contributed by atoms with van der Waals surface area (Å²) in [7, 11) is 0. The summed E-state index contributed by atoms with van der Waals surface area (Å²) in [6.45, 7) is 9.61. The van der Waals surface area contributed by atoms with Crippen LogP contribution >= 0.6 is 11.6 Å². The molecule has 0 aromatic heterocycles. The van der Waals surface area contributed by atoms with E-state index >= 15 is 0 Å². The number of hydrogen-bond donors (Lipinski definition) is 1. The Hall–Kier alpha value is -0.930. The fourth-order valence-electron chi connectivity index (χ4n) is 3.12. The third-order valence-electron chi connectivity index (χ3n) is 3.98. The first kappa shape index (κ1) is 12.1. The molecular weight excluding hydrogens is 246 g/mol. The molecule has 2 aliphatic rings. The fourth-order valence-corrected chi connectivity index (χ4v) is 3.51. The molecule has 0 amide bonds. The van der Waals surface area contributed by atoms with Gasteiger partial charge in [-0.1, -0.05) is 11.6 Å². The zero-order valence-corrected chi connectivity index (χ0v) is 11.8. The van der Waals surface area contributed by atoms with Gasteiger partial charge in [-0.2, -0.15) is 0 Å². The summed E-state index contributed by atoms with van der Waals surface area (Å²) in [6, 6.07) is 4.93. The van der Waals surface area contributed by atoms with Crippen LogP contribution in [-0.4, -0.2) is 38.8 Å². The Morgan fingerprint density at radius 2 is 2.28 bits per heavy atom. The van der Waals surface area contributed by atoms with Crippen molar-refractivity contribution in [2.24, 2.45) is 0 Å². The van der Waals surface area contributed by atoms with Gasteiger partial charge in [-0.25, -0.2) is 0 Å². The molecule has 1 saturated heterocycles. The largest absolute Gasteiger partial charge is 0.367 e. The van der Waals surface area contributed by atoms with Crippen molar-refractivity contribution in [3.63, 3.8) is 0 Å². The second-order valence-corrected chi connectivity index (χ2v) is 5.61. The Morgan fingerprint density at radius 1 is 1.44 bits per heavy atom. The highest BCUT2D eigenvalue weighted by Gasteiger charge is 2.33. The molecule has 1 atom stereocenters. The number of nitrogens with zero attached hydrogens (tertiary/aromatic N) is 2. The van der Waals surface area contributed by atoms with E-state index in [1.165, 1.54) is 16.9 Å². The molecule has 4 heteroatoms. The van der Waals surface area contributed by atoms with E-state index < -0.39 is 0 Å². The highest BCUT2D eigenvalue weighted by Crippen LogP contribution is 2.41. The number of hydrogen-bond acceptors (Lipinski definition) is 3. The van der Waals surface area contributed by atoms with E-state index in [4.69, 9.17) is 11.6 Å². The first-order valence-corrected chi connectivity index (χ1v) is 7.11. The Balaban J connectivity index is 2.11. The molecule has 1 N–H and O–H groups in total. The summed E-state index contributed by atoms with van der Waals surface area (Å²) < 4.78 is 0. The maximum Gasteiger partial charge on any atom is 0.0794 e. The molecule has 1 unspecified atom stereocenters. The van der Waals surface area contributed by atoms with Crippen LogP contribution in [0.3, 0.4) is 0 Å². The van der Waals surface area contributed by atoms with Gasteiger partial charge in [0.25, 0.3) is 0 Å². The molecule has 0 saturated carbocycles. The lowest BCUT2D eigenvalue weighted by atomic mass is 10.0. The number of piperazine rings is 1. The highest BCUT2D eigenvalue weighted by molar-refractivity contribution is 6.34. The van der Waals surface area contributed by atoms with E-state index in [0.717, 1.165) is 37.7 Å². The van der Waals surface area contributed by atoms with Crippen LogP contribution < -0.4 is 15.1 Å². The van der Waals surface area contributed by atoms with Crippen molar-refractivity contribution < 1.29 is 0 Å². The Bertz CT molecular complexity index is 461. The highest BCUT2D eigenvalue weighted by atomic mass is 35.5. The summed E-state index contributed by atoms with van der Waals surface area (Å²) in [5.41, 5.74) is 3.79. The van der Waals surface area contributed by atoms with Gasteiger partial charge in [-0.15, -0.1) is 0 Å². The minimum Gasteiger partial charge on any atom is -0.367 e. The topological polar surface area (TPSA) is 18.5 Å². The van der Waals surface area contributed by atoms with Gasteiger partial charge in [0.05, 0.1) is 22.4 Å². The summed E-state index contributed by atoms with van der Waals surface area (Å²) in [6.07, 6.45) is 0. The standard InChI is InChI=1S/C14H20ClN3/c1-3-17-9-11-8-16-4-5-18(11)13-7-10(2)6-12(15)14(13)17/h6-7,11,16H,3-5,8-9H2,1-2H3. The fraction of sp³-hybridized carbons (Fsp3) is 0.571. The van der Waals surface area contributed by atoms with Gasteiger partial charge in [0.2, 0.25) is 0 Å². The van der Waals surface area contributed by atoms with Crippen molar-refractivity contribution in [1.29, 1.82) is 0 Å². The lowest BCUT2D eigenvalue weighted by Crippen LogP contribution is -2.58. The summed E-state index contributed by atoms with van der Waals surface area (Å²) in [5, 5.41) is 4.38. The van der Waals surface area contributed by atoms with Crippen LogP contribution in [-0.2, 0) is 0 Å². The van der Waals surface area contributed by atoms with Crippen LogP contribution in [0.1, 0.15) is 12.5 Å². The maximum atomic E-state index is 6.47. The summed E-state index contributed by atoms with van der Waals surface area (Å²) >= 11 is 6.47. The zero-order valence-electron chi connectivity index (χ0n) is 11.0. The monoisotopic (exact) mass is 265 g/mol. The zero-order chi connectivity index (χ0) is 12.7. The van der Waals surface area contributed by atoms with Crippen LogP contribution in [0.4, 0.5) is 11.4 Å². The van der Waals surface area contributed by atoms with Crippen molar-refractivity contribution in [1.82, 2.24) is 5.32 Å². The van der Waals surface area contributed by atoms with Crippen molar-refractivity contribution in [2.45, 2.75) is 19.9 Å². The lowest BCUT2D eigenvalue weighted by Gasteiger charge is -2.47. The predicted octanol–water partition coefficient (Wildman–Crippen LogP) is 2.27. The molecule has 0 spiro atoms. The second-order valence-electron chi connectivity index (χ2n) is 5.20. The summed E-state index contributed by atoms with van der Waals surface area (Å²) in [4.78, 5) is 4.93. The van der Waals surface area contributed by atoms with E-state index in [-0.39, 0.29) is 0 Å². The number of fused-ring (bicyclic) bond motifs is 3. The average molecular weight is 266 g/mol. The molecule has 98 valence electrons. The average Bonchev–Trinajstić information content (AvgIpc) is 2.37.